The van der Waals surface area contributed by atoms with Crippen LogP contribution in [0.1, 0.15) is 57.3 Å². The second kappa shape index (κ2) is 13.6. The number of nitrogens with zero attached hydrogens (tertiary/aromatic N) is 2. The fourth-order valence-corrected chi connectivity index (χ4v) is 6.26. The summed E-state index contributed by atoms with van der Waals surface area (Å²) >= 11 is 6.56. The Balaban J connectivity index is 1.51. The average Bonchev–Trinajstić information content (AvgIpc) is 3.49. The largest absolute Gasteiger partial charge is 0.493 e. The van der Waals surface area contributed by atoms with Crippen molar-refractivity contribution in [3.8, 4) is 11.5 Å². The molecule has 11 heteroatoms. The predicted octanol–water partition coefficient (Wildman–Crippen LogP) is 4.57. The van der Waals surface area contributed by atoms with Gasteiger partial charge in [0, 0.05) is 46.9 Å². The van der Waals surface area contributed by atoms with E-state index in [1.165, 1.54) is 12.8 Å². The van der Waals surface area contributed by atoms with E-state index in [1.54, 1.807) is 37.3 Å². The number of nitrogens with one attached hydrogen (secondary N) is 1. The van der Waals surface area contributed by atoms with E-state index in [2.05, 4.69) is 10.2 Å². The monoisotopic (exact) mass is 629 g/mol. The van der Waals surface area contributed by atoms with Gasteiger partial charge in [0.25, 0.3) is 5.91 Å². The summed E-state index contributed by atoms with van der Waals surface area (Å²) < 4.78 is 30.0. The number of likely N-dealkylation sites (tertiary alicyclic amines) is 1. The van der Waals surface area contributed by atoms with Crippen molar-refractivity contribution in [3.63, 3.8) is 0 Å². The van der Waals surface area contributed by atoms with Gasteiger partial charge in [-0.05, 0) is 64.0 Å². The number of benzene rings is 2. The van der Waals surface area contributed by atoms with Crippen LogP contribution in [0.15, 0.2) is 36.4 Å². The third kappa shape index (κ3) is 7.32. The number of hydrogen-bond donors (Lipinski definition) is 1. The third-order valence-corrected chi connectivity index (χ3v) is 8.75. The molecule has 3 heterocycles. The molecule has 3 aliphatic heterocycles. The molecule has 5 rings (SSSR count). The average molecular weight is 630 g/mol. The molecule has 0 saturated carbocycles. The Morgan fingerprint density at radius 3 is 2.45 bits per heavy atom. The molecule has 0 aliphatic carbocycles. The van der Waals surface area contributed by atoms with E-state index in [0.717, 1.165) is 19.6 Å². The van der Waals surface area contributed by atoms with Gasteiger partial charge < -0.3 is 38.8 Å². The summed E-state index contributed by atoms with van der Waals surface area (Å²) in [5, 5.41) is 3.49. The SMILES string of the molecule is COc1cccc([C@H]2O[C@H](CC(=O)NCCN3CCCC3)C(=O)N(CC3(C)COC(C)(C)OC3)c3ccc(Cl)cc32)c1OC. The van der Waals surface area contributed by atoms with Gasteiger partial charge >= 0.3 is 0 Å². The first kappa shape index (κ1) is 32.5. The van der Waals surface area contributed by atoms with Crippen LogP contribution in [-0.4, -0.2) is 88.8 Å². The number of methoxy groups -OCH3 is 2. The van der Waals surface area contributed by atoms with Crippen LogP contribution in [0.25, 0.3) is 0 Å². The predicted molar refractivity (Wildman–Crippen MR) is 167 cm³/mol. The van der Waals surface area contributed by atoms with E-state index in [1.807, 2.05) is 39.0 Å². The minimum atomic E-state index is -1.08. The molecule has 2 aromatic rings. The highest BCUT2D eigenvalue weighted by Crippen LogP contribution is 2.46. The van der Waals surface area contributed by atoms with Gasteiger partial charge in [-0.1, -0.05) is 30.7 Å². The maximum atomic E-state index is 14.5. The molecule has 0 unspecified atom stereocenters. The van der Waals surface area contributed by atoms with Gasteiger partial charge in [-0.25, -0.2) is 0 Å². The molecule has 240 valence electrons. The summed E-state index contributed by atoms with van der Waals surface area (Å²) in [5.74, 6) is -0.282. The highest BCUT2D eigenvalue weighted by molar-refractivity contribution is 6.30. The first-order valence-electron chi connectivity index (χ1n) is 15.3. The number of amides is 2. The van der Waals surface area contributed by atoms with Crippen LogP contribution >= 0.6 is 11.6 Å². The number of para-hydroxylation sites is 1. The van der Waals surface area contributed by atoms with Crippen LogP contribution in [0.5, 0.6) is 11.5 Å². The maximum absolute atomic E-state index is 14.5. The Bertz CT molecular complexity index is 1340. The Morgan fingerprint density at radius 2 is 1.77 bits per heavy atom. The lowest BCUT2D eigenvalue weighted by Crippen LogP contribution is -2.53. The van der Waals surface area contributed by atoms with Crippen LogP contribution in [0.3, 0.4) is 0 Å². The summed E-state index contributed by atoms with van der Waals surface area (Å²) in [7, 11) is 3.13. The second-order valence-corrected chi connectivity index (χ2v) is 13.0. The topological polar surface area (TPSA) is 98.8 Å². The number of ether oxygens (including phenoxy) is 5. The van der Waals surface area contributed by atoms with E-state index in [0.29, 0.717) is 53.1 Å². The van der Waals surface area contributed by atoms with Crippen molar-refractivity contribution >= 4 is 29.1 Å². The highest BCUT2D eigenvalue weighted by Gasteiger charge is 2.44. The quantitative estimate of drug-likeness (QED) is 0.408. The standard InChI is InChI=1S/C33H44ClN3O7/c1-32(2)42-20-33(3,21-43-32)19-37-25-12-11-22(34)17-24(25)29(23-9-8-10-26(40-4)30(23)41-5)44-27(31(37)39)18-28(38)35-13-16-36-14-6-7-15-36/h8-12,17,27,29H,6-7,13-16,18-21H2,1-5H3,(H,35,38)/t27-,29-/m1/s1. The zero-order valence-corrected chi connectivity index (χ0v) is 27.1. The Hall–Kier alpha value is -2.89. The van der Waals surface area contributed by atoms with Gasteiger partial charge in [0.1, 0.15) is 12.2 Å². The number of rotatable bonds is 10. The normalized spacial score (nSPS) is 23.1. The molecule has 44 heavy (non-hydrogen) atoms. The van der Waals surface area contributed by atoms with Crippen molar-refractivity contribution in [3.05, 3.63) is 52.5 Å². The summed E-state index contributed by atoms with van der Waals surface area (Å²) in [6.07, 6.45) is 0.354. The Morgan fingerprint density at radius 1 is 1.05 bits per heavy atom. The smallest absolute Gasteiger partial charge is 0.256 e. The van der Waals surface area contributed by atoms with E-state index in [-0.39, 0.29) is 24.8 Å². The van der Waals surface area contributed by atoms with Gasteiger partial charge in [0.2, 0.25) is 5.91 Å². The first-order valence-corrected chi connectivity index (χ1v) is 15.6. The van der Waals surface area contributed by atoms with Crippen LogP contribution in [0, 0.1) is 5.41 Å². The first-order chi connectivity index (χ1) is 21.0. The lowest BCUT2D eigenvalue weighted by molar-refractivity contribution is -0.280. The molecule has 1 N–H and O–H groups in total. The molecular formula is C33H44ClN3O7. The molecule has 2 amide bonds. The molecule has 0 radical (unpaired) electrons. The van der Waals surface area contributed by atoms with Crippen molar-refractivity contribution < 1.29 is 33.3 Å². The molecule has 3 aliphatic rings. The number of anilines is 1. The molecule has 0 aromatic heterocycles. The molecule has 0 spiro atoms. The Labute approximate surface area is 264 Å². The molecule has 2 saturated heterocycles. The number of halogens is 1. The summed E-state index contributed by atoms with van der Waals surface area (Å²) in [6, 6.07) is 10.9. The van der Waals surface area contributed by atoms with E-state index in [9.17, 15) is 9.59 Å². The van der Waals surface area contributed by atoms with E-state index < -0.39 is 23.4 Å². The summed E-state index contributed by atoms with van der Waals surface area (Å²) in [4.78, 5) is 31.8. The van der Waals surface area contributed by atoms with Crippen molar-refractivity contribution in [2.45, 2.75) is 58.0 Å². The van der Waals surface area contributed by atoms with Crippen molar-refractivity contribution in [1.82, 2.24) is 10.2 Å². The lowest BCUT2D eigenvalue weighted by atomic mass is 9.89. The molecular weight excluding hydrogens is 586 g/mol. The van der Waals surface area contributed by atoms with Gasteiger partial charge in [0.05, 0.1) is 33.9 Å². The summed E-state index contributed by atoms with van der Waals surface area (Å²) in [6.45, 7) is 10.2. The van der Waals surface area contributed by atoms with Gasteiger partial charge in [-0.3, -0.25) is 9.59 Å². The van der Waals surface area contributed by atoms with Gasteiger partial charge in [0.15, 0.2) is 17.3 Å². The molecule has 2 aromatic carbocycles. The summed E-state index contributed by atoms with van der Waals surface area (Å²) in [5.41, 5.74) is 1.45. The zero-order valence-electron chi connectivity index (χ0n) is 26.3. The van der Waals surface area contributed by atoms with Crippen molar-refractivity contribution in [1.29, 1.82) is 0 Å². The highest BCUT2D eigenvalue weighted by atomic mass is 35.5. The fourth-order valence-electron chi connectivity index (χ4n) is 6.08. The Kier molecular flexibility index (Phi) is 10.1. The maximum Gasteiger partial charge on any atom is 0.256 e. The molecule has 2 atom stereocenters. The van der Waals surface area contributed by atoms with Crippen LogP contribution < -0.4 is 19.7 Å². The minimum absolute atomic E-state index is 0.142. The van der Waals surface area contributed by atoms with Crippen LogP contribution in [0.4, 0.5) is 5.69 Å². The van der Waals surface area contributed by atoms with Gasteiger partial charge in [-0.2, -0.15) is 0 Å². The van der Waals surface area contributed by atoms with Crippen LogP contribution in [0.2, 0.25) is 5.02 Å². The third-order valence-electron chi connectivity index (χ3n) is 8.52. The van der Waals surface area contributed by atoms with E-state index in [4.69, 9.17) is 35.3 Å². The van der Waals surface area contributed by atoms with Crippen LogP contribution in [-0.2, 0) is 23.8 Å². The van der Waals surface area contributed by atoms with Gasteiger partial charge in [-0.15, -0.1) is 0 Å². The lowest BCUT2D eigenvalue weighted by Gasteiger charge is -2.43. The number of carbonyl (C=O) groups excluding carboxylic acids is 2. The minimum Gasteiger partial charge on any atom is -0.493 e. The van der Waals surface area contributed by atoms with Crippen molar-refractivity contribution in [2.75, 3.05) is 65.1 Å². The molecule has 10 nitrogen and oxygen atoms in total. The molecule has 0 bridgehead atoms. The van der Waals surface area contributed by atoms with E-state index >= 15 is 0 Å². The fraction of sp³-hybridized carbons (Fsp3) is 0.576. The number of carbonyl (C=O) groups is 2. The molecule has 2 fully saturated rings. The number of hydrogen-bond acceptors (Lipinski definition) is 8. The second-order valence-electron chi connectivity index (χ2n) is 12.6. The number of fused-ring (bicyclic) bond motifs is 1. The zero-order chi connectivity index (χ0) is 31.5. The van der Waals surface area contributed by atoms with Crippen molar-refractivity contribution in [2.24, 2.45) is 5.41 Å².